The zero-order valence-electron chi connectivity index (χ0n) is 17.9. The van der Waals surface area contributed by atoms with Gasteiger partial charge in [-0.2, -0.15) is 4.39 Å². The number of nitrogens with one attached hydrogen (secondary N) is 3. The maximum Gasteiger partial charge on any atom is 0.275 e. The van der Waals surface area contributed by atoms with E-state index in [1.807, 2.05) is 31.2 Å². The number of nitrogens with zero attached hydrogens (tertiary/aromatic N) is 3. The lowest BCUT2D eigenvalue weighted by molar-refractivity contribution is 0.0961. The summed E-state index contributed by atoms with van der Waals surface area (Å²) in [6, 6.07) is 9.08. The Labute approximate surface area is 184 Å². The molecule has 0 aliphatic heterocycles. The number of imidazole rings is 1. The quantitative estimate of drug-likeness (QED) is 0.484. The molecule has 1 aromatic carbocycles. The predicted octanol–water partition coefficient (Wildman–Crippen LogP) is 4.20. The van der Waals surface area contributed by atoms with Crippen LogP contribution in [0.15, 0.2) is 61.5 Å². The molecule has 32 heavy (non-hydrogen) atoms. The van der Waals surface area contributed by atoms with Gasteiger partial charge in [0.2, 0.25) is 0 Å². The Bertz CT molecular complexity index is 1210. The minimum atomic E-state index is -0.616. The molecule has 0 aliphatic carbocycles. The van der Waals surface area contributed by atoms with Gasteiger partial charge in [0.25, 0.3) is 11.8 Å². The van der Waals surface area contributed by atoms with E-state index in [2.05, 4.69) is 32.5 Å². The van der Waals surface area contributed by atoms with Crippen molar-refractivity contribution in [3.05, 3.63) is 84.1 Å². The SMILES string of the molecule is C=C/C=C(/F)n1cc(C(=O)Nc2cc(C(=O)NC)cnc2Nc2ccccc2C)nc1C. The van der Waals surface area contributed by atoms with Crippen molar-refractivity contribution >= 4 is 35.0 Å². The second-order valence-corrected chi connectivity index (χ2v) is 6.86. The molecule has 0 saturated heterocycles. The van der Waals surface area contributed by atoms with Gasteiger partial charge < -0.3 is 16.0 Å². The number of hydrogen-bond acceptors (Lipinski definition) is 5. The number of pyridine rings is 1. The van der Waals surface area contributed by atoms with Crippen molar-refractivity contribution in [1.29, 1.82) is 0 Å². The second-order valence-electron chi connectivity index (χ2n) is 6.86. The predicted molar refractivity (Wildman–Crippen MR) is 123 cm³/mol. The van der Waals surface area contributed by atoms with Gasteiger partial charge in [0.1, 0.15) is 11.5 Å². The molecular formula is C23H23FN6O2. The molecule has 0 fully saturated rings. The largest absolute Gasteiger partial charge is 0.355 e. The Morgan fingerprint density at radius 1 is 1.16 bits per heavy atom. The molecule has 0 bridgehead atoms. The molecule has 0 radical (unpaired) electrons. The topological polar surface area (TPSA) is 101 Å². The number of rotatable bonds is 7. The van der Waals surface area contributed by atoms with Crippen LogP contribution in [-0.2, 0) is 0 Å². The number of aromatic nitrogens is 3. The van der Waals surface area contributed by atoms with E-state index in [0.717, 1.165) is 21.9 Å². The van der Waals surface area contributed by atoms with Crippen molar-refractivity contribution in [2.45, 2.75) is 13.8 Å². The average molecular weight is 434 g/mol. The second kappa shape index (κ2) is 9.69. The normalized spacial score (nSPS) is 11.1. The highest BCUT2D eigenvalue weighted by Gasteiger charge is 2.18. The van der Waals surface area contributed by atoms with Crippen molar-refractivity contribution in [2.75, 3.05) is 17.7 Å². The number of carbonyl (C=O) groups excluding carboxylic acids is 2. The fourth-order valence-corrected chi connectivity index (χ4v) is 2.93. The molecule has 0 spiro atoms. The molecule has 2 amide bonds. The van der Waals surface area contributed by atoms with E-state index in [9.17, 15) is 14.0 Å². The molecule has 0 aliphatic rings. The summed E-state index contributed by atoms with van der Waals surface area (Å²) < 4.78 is 15.3. The number of allylic oxidation sites excluding steroid dienone is 2. The lowest BCUT2D eigenvalue weighted by atomic mass is 10.2. The highest BCUT2D eigenvalue weighted by atomic mass is 19.1. The third-order valence-corrected chi connectivity index (χ3v) is 4.62. The van der Waals surface area contributed by atoms with Crippen LogP contribution in [0.4, 0.5) is 21.6 Å². The summed E-state index contributed by atoms with van der Waals surface area (Å²) in [5.74, 6) is -0.918. The van der Waals surface area contributed by atoms with E-state index in [0.29, 0.717) is 11.6 Å². The molecule has 3 rings (SSSR count). The van der Waals surface area contributed by atoms with Crippen LogP contribution < -0.4 is 16.0 Å². The maximum atomic E-state index is 14.1. The first-order chi connectivity index (χ1) is 15.3. The molecule has 8 nitrogen and oxygen atoms in total. The van der Waals surface area contributed by atoms with E-state index in [-0.39, 0.29) is 22.9 Å². The highest BCUT2D eigenvalue weighted by molar-refractivity contribution is 6.05. The van der Waals surface area contributed by atoms with Gasteiger partial charge in [0.05, 0.1) is 11.3 Å². The minimum Gasteiger partial charge on any atom is -0.355 e. The molecule has 0 unspecified atom stereocenters. The first kappa shape index (κ1) is 22.4. The summed E-state index contributed by atoms with van der Waals surface area (Å²) in [6.45, 7) is 6.96. The molecule has 0 atom stereocenters. The number of anilines is 3. The van der Waals surface area contributed by atoms with E-state index in [1.165, 1.54) is 31.6 Å². The standard InChI is InChI=1S/C23H23FN6O2/c1-5-8-20(24)30-13-19(27-15(30)3)23(32)29-18-11-16(22(31)25-4)12-26-21(18)28-17-10-7-6-9-14(17)2/h5-13H,1H2,2-4H3,(H,25,31)(H,26,28)(H,29,32)/b20-8-. The van der Waals surface area contributed by atoms with Gasteiger partial charge in [-0.1, -0.05) is 30.9 Å². The van der Waals surface area contributed by atoms with Crippen molar-refractivity contribution in [2.24, 2.45) is 0 Å². The summed E-state index contributed by atoms with van der Waals surface area (Å²) >= 11 is 0. The fraction of sp³-hybridized carbons (Fsp3) is 0.130. The van der Waals surface area contributed by atoms with Gasteiger partial charge >= 0.3 is 0 Å². The zero-order chi connectivity index (χ0) is 23.3. The van der Waals surface area contributed by atoms with E-state index >= 15 is 0 Å². The molecular weight excluding hydrogens is 411 g/mol. The van der Waals surface area contributed by atoms with Crippen molar-refractivity contribution in [3.8, 4) is 0 Å². The van der Waals surface area contributed by atoms with E-state index in [1.54, 1.807) is 6.92 Å². The minimum absolute atomic E-state index is 0.00213. The summed E-state index contributed by atoms with van der Waals surface area (Å²) in [4.78, 5) is 33.4. The molecule has 2 aromatic heterocycles. The van der Waals surface area contributed by atoms with Crippen LogP contribution in [0.25, 0.3) is 5.95 Å². The highest BCUT2D eigenvalue weighted by Crippen LogP contribution is 2.27. The van der Waals surface area contributed by atoms with Gasteiger partial charge in [-0.25, -0.2) is 9.97 Å². The van der Waals surface area contributed by atoms with Crippen LogP contribution in [0.3, 0.4) is 0 Å². The lowest BCUT2D eigenvalue weighted by Crippen LogP contribution is -2.20. The number of para-hydroxylation sites is 1. The smallest absolute Gasteiger partial charge is 0.275 e. The Morgan fingerprint density at radius 3 is 2.59 bits per heavy atom. The Kier molecular flexibility index (Phi) is 6.79. The molecule has 9 heteroatoms. The van der Waals surface area contributed by atoms with E-state index in [4.69, 9.17) is 0 Å². The summed E-state index contributed by atoms with van der Waals surface area (Å²) in [5, 5.41) is 8.41. The number of hydrogen-bond donors (Lipinski definition) is 3. The Balaban J connectivity index is 1.96. The number of aryl methyl sites for hydroxylation is 2. The van der Waals surface area contributed by atoms with Gasteiger partial charge in [-0.05, 0) is 37.6 Å². The van der Waals surface area contributed by atoms with Gasteiger partial charge in [-0.15, -0.1) is 0 Å². The van der Waals surface area contributed by atoms with Crippen LogP contribution >= 0.6 is 0 Å². The zero-order valence-corrected chi connectivity index (χ0v) is 17.9. The average Bonchev–Trinajstić information content (AvgIpc) is 3.18. The first-order valence-corrected chi connectivity index (χ1v) is 9.74. The van der Waals surface area contributed by atoms with Crippen LogP contribution in [-0.4, -0.2) is 33.4 Å². The maximum absolute atomic E-state index is 14.1. The Morgan fingerprint density at radius 2 is 1.91 bits per heavy atom. The van der Waals surface area contributed by atoms with Crippen LogP contribution in [0.1, 0.15) is 32.2 Å². The number of carbonyl (C=O) groups is 2. The Hall–Kier alpha value is -4.27. The van der Waals surface area contributed by atoms with Crippen molar-refractivity contribution in [1.82, 2.24) is 19.9 Å². The third kappa shape index (κ3) is 4.89. The van der Waals surface area contributed by atoms with E-state index < -0.39 is 11.9 Å². The monoisotopic (exact) mass is 434 g/mol. The van der Waals surface area contributed by atoms with Gasteiger partial charge in [0.15, 0.2) is 11.8 Å². The van der Waals surface area contributed by atoms with Gasteiger partial charge in [-0.3, -0.25) is 14.2 Å². The van der Waals surface area contributed by atoms with Crippen LogP contribution in [0, 0.1) is 13.8 Å². The molecule has 3 aromatic rings. The van der Waals surface area contributed by atoms with Crippen LogP contribution in [0.2, 0.25) is 0 Å². The third-order valence-electron chi connectivity index (χ3n) is 4.62. The number of benzene rings is 1. The first-order valence-electron chi connectivity index (χ1n) is 9.74. The summed E-state index contributed by atoms with van der Waals surface area (Å²) in [6.07, 6.45) is 5.15. The van der Waals surface area contributed by atoms with Crippen LogP contribution in [0.5, 0.6) is 0 Å². The molecule has 2 heterocycles. The fourth-order valence-electron chi connectivity index (χ4n) is 2.93. The number of amides is 2. The molecule has 0 saturated carbocycles. The summed E-state index contributed by atoms with van der Waals surface area (Å²) in [5.41, 5.74) is 2.30. The molecule has 3 N–H and O–H groups in total. The lowest BCUT2D eigenvalue weighted by Gasteiger charge is -2.14. The molecule has 164 valence electrons. The van der Waals surface area contributed by atoms with Gasteiger partial charge in [0, 0.05) is 25.1 Å². The number of halogens is 1. The van der Waals surface area contributed by atoms with Crippen molar-refractivity contribution < 1.29 is 14.0 Å². The van der Waals surface area contributed by atoms with Crippen molar-refractivity contribution in [3.63, 3.8) is 0 Å². The summed E-state index contributed by atoms with van der Waals surface area (Å²) in [7, 11) is 1.50.